The molecule has 0 fully saturated rings. The fourth-order valence-corrected chi connectivity index (χ4v) is 3.37. The predicted molar refractivity (Wildman–Crippen MR) is 126 cm³/mol. The van der Waals surface area contributed by atoms with Crippen molar-refractivity contribution in [1.29, 1.82) is 0 Å². The van der Waals surface area contributed by atoms with Gasteiger partial charge in [-0.05, 0) is 47.2 Å². The standard InChI is InChI=1S/C25H27F3N4O3/c1-15(2)13-29-22(33)21-23(34)31(14-17-6-5-7-19(12-17)25(26,27)28)24(35)32(30-21)20-10-8-18(9-11-20)16(3)4/h5-12,15-16H,13-14H2,1-4H3,(H,29,33). The maximum Gasteiger partial charge on any atom is 0.416 e. The molecule has 3 aromatic rings. The summed E-state index contributed by atoms with van der Waals surface area (Å²) in [7, 11) is 0. The van der Waals surface area contributed by atoms with Crippen molar-refractivity contribution in [2.75, 3.05) is 6.54 Å². The maximum absolute atomic E-state index is 13.2. The molecule has 0 saturated heterocycles. The highest BCUT2D eigenvalue weighted by Gasteiger charge is 2.30. The molecule has 1 amide bonds. The number of amides is 1. The largest absolute Gasteiger partial charge is 0.416 e. The van der Waals surface area contributed by atoms with Gasteiger partial charge >= 0.3 is 11.9 Å². The van der Waals surface area contributed by atoms with Crippen LogP contribution in [0.1, 0.15) is 60.8 Å². The number of hydrogen-bond donors (Lipinski definition) is 1. The first-order chi connectivity index (χ1) is 16.4. The van der Waals surface area contributed by atoms with Gasteiger partial charge in [0.15, 0.2) is 0 Å². The minimum Gasteiger partial charge on any atom is -0.350 e. The summed E-state index contributed by atoms with van der Waals surface area (Å²) in [6.07, 6.45) is -4.58. The van der Waals surface area contributed by atoms with E-state index >= 15 is 0 Å². The van der Waals surface area contributed by atoms with Gasteiger partial charge in [0, 0.05) is 6.54 Å². The van der Waals surface area contributed by atoms with Gasteiger partial charge in [-0.15, -0.1) is 0 Å². The third kappa shape index (κ3) is 6.06. The van der Waals surface area contributed by atoms with Crippen molar-refractivity contribution >= 4 is 5.91 Å². The van der Waals surface area contributed by atoms with Crippen molar-refractivity contribution in [3.63, 3.8) is 0 Å². The molecule has 1 heterocycles. The summed E-state index contributed by atoms with van der Waals surface area (Å²) < 4.78 is 41.1. The Morgan fingerprint density at radius 3 is 2.26 bits per heavy atom. The molecular weight excluding hydrogens is 461 g/mol. The lowest BCUT2D eigenvalue weighted by molar-refractivity contribution is -0.137. The van der Waals surface area contributed by atoms with Crippen LogP contribution in [0, 0.1) is 5.92 Å². The zero-order chi connectivity index (χ0) is 25.9. The molecule has 0 atom stereocenters. The number of carbonyl (C=O) groups excluding carboxylic acids is 1. The smallest absolute Gasteiger partial charge is 0.350 e. The average Bonchev–Trinajstić information content (AvgIpc) is 2.80. The van der Waals surface area contributed by atoms with Gasteiger partial charge in [-0.3, -0.25) is 14.2 Å². The van der Waals surface area contributed by atoms with Crippen LogP contribution in [0.3, 0.4) is 0 Å². The maximum atomic E-state index is 13.2. The molecule has 1 aromatic heterocycles. The van der Waals surface area contributed by atoms with Crippen molar-refractivity contribution in [3.05, 3.63) is 91.8 Å². The third-order valence-electron chi connectivity index (χ3n) is 5.35. The van der Waals surface area contributed by atoms with Crippen LogP contribution < -0.4 is 16.6 Å². The number of alkyl halides is 3. The van der Waals surface area contributed by atoms with Crippen molar-refractivity contribution in [1.82, 2.24) is 19.7 Å². The topological polar surface area (TPSA) is 86.0 Å². The van der Waals surface area contributed by atoms with Crippen molar-refractivity contribution < 1.29 is 18.0 Å². The van der Waals surface area contributed by atoms with E-state index in [4.69, 9.17) is 0 Å². The van der Waals surface area contributed by atoms with Crippen LogP contribution in [-0.4, -0.2) is 26.8 Å². The van der Waals surface area contributed by atoms with Crippen LogP contribution in [0.4, 0.5) is 13.2 Å². The minimum atomic E-state index is -4.58. The molecule has 0 bridgehead atoms. The lowest BCUT2D eigenvalue weighted by atomic mass is 10.0. The van der Waals surface area contributed by atoms with E-state index in [2.05, 4.69) is 10.4 Å². The Hall–Kier alpha value is -3.69. The fourth-order valence-electron chi connectivity index (χ4n) is 3.37. The second-order valence-electron chi connectivity index (χ2n) is 8.98. The van der Waals surface area contributed by atoms with Crippen LogP contribution in [-0.2, 0) is 12.7 Å². The summed E-state index contributed by atoms with van der Waals surface area (Å²) in [6.45, 7) is 7.57. The van der Waals surface area contributed by atoms with E-state index in [-0.39, 0.29) is 23.9 Å². The molecule has 0 radical (unpaired) electrons. The first kappa shape index (κ1) is 25.9. The molecule has 0 saturated carbocycles. The summed E-state index contributed by atoms with van der Waals surface area (Å²) in [4.78, 5) is 39.1. The van der Waals surface area contributed by atoms with Gasteiger partial charge in [0.1, 0.15) is 0 Å². The van der Waals surface area contributed by atoms with Crippen LogP contribution in [0.15, 0.2) is 58.1 Å². The Labute approximate surface area is 200 Å². The molecule has 0 aliphatic rings. The molecule has 35 heavy (non-hydrogen) atoms. The van der Waals surface area contributed by atoms with Crippen molar-refractivity contribution in [2.45, 2.75) is 46.3 Å². The van der Waals surface area contributed by atoms with Crippen LogP contribution in [0.2, 0.25) is 0 Å². The molecule has 2 aromatic carbocycles. The molecular formula is C25H27F3N4O3. The lowest BCUT2D eigenvalue weighted by Crippen LogP contribution is -2.46. The van der Waals surface area contributed by atoms with Gasteiger partial charge < -0.3 is 5.32 Å². The predicted octanol–water partition coefficient (Wildman–Crippen LogP) is 3.97. The van der Waals surface area contributed by atoms with E-state index in [1.165, 1.54) is 12.1 Å². The summed E-state index contributed by atoms with van der Waals surface area (Å²) in [5.74, 6) is -0.434. The number of rotatable bonds is 7. The molecule has 0 aliphatic carbocycles. The molecule has 7 nitrogen and oxygen atoms in total. The number of halogens is 3. The number of nitrogens with zero attached hydrogens (tertiary/aromatic N) is 3. The number of hydrogen-bond acceptors (Lipinski definition) is 4. The van der Waals surface area contributed by atoms with Crippen molar-refractivity contribution in [2.24, 2.45) is 5.92 Å². The third-order valence-corrected chi connectivity index (χ3v) is 5.35. The van der Waals surface area contributed by atoms with Gasteiger partial charge in [0.05, 0.1) is 17.8 Å². The highest BCUT2D eigenvalue weighted by Crippen LogP contribution is 2.29. The zero-order valence-electron chi connectivity index (χ0n) is 19.9. The Morgan fingerprint density at radius 2 is 1.69 bits per heavy atom. The van der Waals surface area contributed by atoms with E-state index in [1.54, 1.807) is 24.3 Å². The highest BCUT2D eigenvalue weighted by atomic mass is 19.4. The summed E-state index contributed by atoms with van der Waals surface area (Å²) in [5, 5.41) is 6.63. The Morgan fingerprint density at radius 1 is 1.03 bits per heavy atom. The molecule has 0 spiro atoms. The van der Waals surface area contributed by atoms with E-state index in [1.807, 2.05) is 27.7 Å². The SMILES string of the molecule is CC(C)CNC(=O)c1nn(-c2ccc(C(C)C)cc2)c(=O)n(Cc2cccc(C(F)(F)F)c2)c1=O. The van der Waals surface area contributed by atoms with Gasteiger partial charge in [0.2, 0.25) is 5.69 Å². The average molecular weight is 489 g/mol. The fraction of sp³-hybridized carbons (Fsp3) is 0.360. The first-order valence-electron chi connectivity index (χ1n) is 11.2. The molecule has 3 rings (SSSR count). The van der Waals surface area contributed by atoms with Crippen molar-refractivity contribution in [3.8, 4) is 5.69 Å². The number of nitrogens with one attached hydrogen (secondary N) is 1. The van der Waals surface area contributed by atoms with Gasteiger partial charge in [-0.25, -0.2) is 4.79 Å². The van der Waals surface area contributed by atoms with E-state index < -0.39 is 41.1 Å². The number of carbonyl (C=O) groups is 1. The highest BCUT2D eigenvalue weighted by molar-refractivity contribution is 5.91. The first-order valence-corrected chi connectivity index (χ1v) is 11.2. The molecule has 0 aliphatic heterocycles. The van der Waals surface area contributed by atoms with E-state index in [0.29, 0.717) is 5.69 Å². The van der Waals surface area contributed by atoms with Crippen LogP contribution in [0.25, 0.3) is 5.69 Å². The summed E-state index contributed by atoms with van der Waals surface area (Å²) in [5.41, 5.74) is -1.87. The molecule has 1 N–H and O–H groups in total. The van der Waals surface area contributed by atoms with E-state index in [9.17, 15) is 27.6 Å². The lowest BCUT2D eigenvalue weighted by Gasteiger charge is -2.14. The Bertz CT molecular complexity index is 1320. The van der Waals surface area contributed by atoms with Gasteiger partial charge in [0.25, 0.3) is 11.5 Å². The monoisotopic (exact) mass is 488 g/mol. The Kier molecular flexibility index (Phi) is 7.62. The second-order valence-corrected chi connectivity index (χ2v) is 8.98. The quantitative estimate of drug-likeness (QED) is 0.545. The van der Waals surface area contributed by atoms with Crippen LogP contribution >= 0.6 is 0 Å². The van der Waals surface area contributed by atoms with Gasteiger partial charge in [-0.1, -0.05) is 52.0 Å². The number of benzene rings is 2. The van der Waals surface area contributed by atoms with Crippen LogP contribution in [0.5, 0.6) is 0 Å². The zero-order valence-corrected chi connectivity index (χ0v) is 19.9. The van der Waals surface area contributed by atoms with Gasteiger partial charge in [-0.2, -0.15) is 23.0 Å². The Balaban J connectivity index is 2.16. The molecule has 10 heteroatoms. The summed E-state index contributed by atoms with van der Waals surface area (Å²) in [6, 6.07) is 11.2. The normalized spacial score (nSPS) is 11.8. The van der Waals surface area contributed by atoms with E-state index in [0.717, 1.165) is 26.9 Å². The second kappa shape index (κ2) is 10.3. The molecule has 0 unspecified atom stereocenters. The molecule has 186 valence electrons. The minimum absolute atomic E-state index is 0.0838. The summed E-state index contributed by atoms with van der Waals surface area (Å²) >= 11 is 0. The number of aromatic nitrogens is 3.